The van der Waals surface area contributed by atoms with Crippen molar-refractivity contribution in [3.63, 3.8) is 0 Å². The highest BCUT2D eigenvalue weighted by atomic mass is 16.3. The van der Waals surface area contributed by atoms with Gasteiger partial charge in [0.2, 0.25) is 11.9 Å². The molecule has 1 N–H and O–H groups in total. The number of aromatic nitrogens is 2. The van der Waals surface area contributed by atoms with E-state index in [-0.39, 0.29) is 17.7 Å². The van der Waals surface area contributed by atoms with Gasteiger partial charge in [-0.25, -0.2) is 9.97 Å². The number of nitrogens with one attached hydrogen (secondary N) is 1. The molecular weight excluding hydrogens is 308 g/mol. The van der Waals surface area contributed by atoms with Gasteiger partial charge in [-0.1, -0.05) is 0 Å². The topological polar surface area (TPSA) is 88.3 Å². The first-order chi connectivity index (χ1) is 11.5. The van der Waals surface area contributed by atoms with E-state index >= 15 is 0 Å². The summed E-state index contributed by atoms with van der Waals surface area (Å²) in [6.45, 7) is 4.79. The van der Waals surface area contributed by atoms with Crippen LogP contribution in [-0.2, 0) is 4.79 Å². The Bertz CT molecular complexity index is 714. The first kappa shape index (κ1) is 16.2. The lowest BCUT2D eigenvalue weighted by atomic mass is 9.96. The Balaban J connectivity index is 1.56. The third-order valence-electron chi connectivity index (χ3n) is 4.10. The van der Waals surface area contributed by atoms with Crippen LogP contribution in [0.25, 0.3) is 0 Å². The lowest BCUT2D eigenvalue weighted by Gasteiger charge is -2.30. The Morgan fingerprint density at radius 2 is 1.88 bits per heavy atom. The van der Waals surface area contributed by atoms with Crippen molar-refractivity contribution in [3.05, 3.63) is 41.6 Å². The molecule has 0 saturated carbocycles. The van der Waals surface area contributed by atoms with Crippen molar-refractivity contribution in [1.82, 2.24) is 14.9 Å². The maximum Gasteiger partial charge on any atom is 0.289 e. The van der Waals surface area contributed by atoms with Crippen LogP contribution in [0.1, 0.15) is 34.8 Å². The lowest BCUT2D eigenvalue weighted by Crippen LogP contribution is -2.41. The predicted octanol–water partition coefficient (Wildman–Crippen LogP) is 2.18. The predicted molar refractivity (Wildman–Crippen MR) is 87.5 cm³/mol. The Morgan fingerprint density at radius 1 is 1.21 bits per heavy atom. The van der Waals surface area contributed by atoms with E-state index in [0.717, 1.165) is 11.4 Å². The van der Waals surface area contributed by atoms with Gasteiger partial charge in [-0.3, -0.25) is 14.9 Å². The van der Waals surface area contributed by atoms with Crippen molar-refractivity contribution in [2.24, 2.45) is 5.92 Å². The van der Waals surface area contributed by atoms with Crippen LogP contribution in [0, 0.1) is 19.8 Å². The van der Waals surface area contributed by atoms with Crippen molar-refractivity contribution in [3.8, 4) is 0 Å². The number of hydrogen-bond acceptors (Lipinski definition) is 5. The fourth-order valence-electron chi connectivity index (χ4n) is 2.89. The van der Waals surface area contributed by atoms with E-state index in [2.05, 4.69) is 15.3 Å². The van der Waals surface area contributed by atoms with Crippen LogP contribution >= 0.6 is 0 Å². The molecule has 0 aromatic carbocycles. The maximum absolute atomic E-state index is 12.4. The minimum atomic E-state index is -0.143. The summed E-state index contributed by atoms with van der Waals surface area (Å²) >= 11 is 0. The van der Waals surface area contributed by atoms with Gasteiger partial charge in [-0.2, -0.15) is 0 Å². The van der Waals surface area contributed by atoms with Crippen LogP contribution in [-0.4, -0.2) is 39.8 Å². The van der Waals surface area contributed by atoms with Crippen molar-refractivity contribution >= 4 is 17.8 Å². The monoisotopic (exact) mass is 328 g/mol. The number of aryl methyl sites for hydroxylation is 2. The molecule has 0 bridgehead atoms. The van der Waals surface area contributed by atoms with Crippen LogP contribution in [0.2, 0.25) is 0 Å². The molecule has 24 heavy (non-hydrogen) atoms. The summed E-state index contributed by atoms with van der Waals surface area (Å²) in [5, 5.41) is 2.78. The third kappa shape index (κ3) is 3.61. The molecule has 2 aromatic rings. The summed E-state index contributed by atoms with van der Waals surface area (Å²) in [5.41, 5.74) is 1.63. The molecule has 7 heteroatoms. The van der Waals surface area contributed by atoms with Crippen LogP contribution in [0.4, 0.5) is 5.95 Å². The van der Waals surface area contributed by atoms with Gasteiger partial charge < -0.3 is 9.32 Å². The van der Waals surface area contributed by atoms with Crippen LogP contribution in [0.15, 0.2) is 28.9 Å². The number of furan rings is 1. The van der Waals surface area contributed by atoms with Crippen LogP contribution < -0.4 is 5.32 Å². The largest absolute Gasteiger partial charge is 0.459 e. The number of carbonyl (C=O) groups excluding carboxylic acids is 2. The van der Waals surface area contributed by atoms with E-state index in [0.29, 0.717) is 37.6 Å². The van der Waals surface area contributed by atoms with Gasteiger partial charge in [0.15, 0.2) is 5.76 Å². The average molecular weight is 328 g/mol. The van der Waals surface area contributed by atoms with Crippen molar-refractivity contribution in [1.29, 1.82) is 0 Å². The maximum atomic E-state index is 12.4. The summed E-state index contributed by atoms with van der Waals surface area (Å²) in [6.07, 6.45) is 2.71. The zero-order valence-corrected chi connectivity index (χ0v) is 13.8. The quantitative estimate of drug-likeness (QED) is 0.933. The number of anilines is 1. The molecule has 1 saturated heterocycles. The van der Waals surface area contributed by atoms with Gasteiger partial charge in [0.1, 0.15) is 0 Å². The Kier molecular flexibility index (Phi) is 4.59. The number of hydrogen-bond donors (Lipinski definition) is 1. The third-order valence-corrected chi connectivity index (χ3v) is 4.10. The second kappa shape index (κ2) is 6.82. The van der Waals surface area contributed by atoms with Crippen molar-refractivity contribution in [2.45, 2.75) is 26.7 Å². The molecule has 3 rings (SSSR count). The number of likely N-dealkylation sites (tertiary alicyclic amines) is 1. The second-order valence-electron chi connectivity index (χ2n) is 6.01. The lowest BCUT2D eigenvalue weighted by molar-refractivity contribution is -0.121. The summed E-state index contributed by atoms with van der Waals surface area (Å²) in [6, 6.07) is 5.20. The molecule has 0 atom stereocenters. The number of rotatable bonds is 3. The molecule has 2 amide bonds. The molecule has 0 radical (unpaired) electrons. The molecule has 3 heterocycles. The van der Waals surface area contributed by atoms with E-state index in [4.69, 9.17) is 4.42 Å². The molecule has 0 aliphatic carbocycles. The number of amides is 2. The van der Waals surface area contributed by atoms with E-state index in [1.807, 2.05) is 19.9 Å². The molecule has 0 unspecified atom stereocenters. The fraction of sp³-hybridized carbons (Fsp3) is 0.412. The Labute approximate surface area is 140 Å². The van der Waals surface area contributed by atoms with E-state index in [9.17, 15) is 9.59 Å². The summed E-state index contributed by atoms with van der Waals surface area (Å²) in [7, 11) is 0. The van der Waals surface area contributed by atoms with Crippen molar-refractivity contribution in [2.75, 3.05) is 18.4 Å². The summed E-state index contributed by atoms with van der Waals surface area (Å²) in [5.74, 6) is 0.310. The highest BCUT2D eigenvalue weighted by molar-refractivity contribution is 5.93. The SMILES string of the molecule is Cc1cc(C)nc(NC(=O)C2CCN(C(=O)c3ccco3)CC2)n1. The average Bonchev–Trinajstić information content (AvgIpc) is 3.07. The second-order valence-corrected chi connectivity index (χ2v) is 6.01. The van der Waals surface area contributed by atoms with E-state index < -0.39 is 0 Å². The molecule has 7 nitrogen and oxygen atoms in total. The van der Waals surface area contributed by atoms with Crippen LogP contribution in [0.5, 0.6) is 0 Å². The molecule has 1 fully saturated rings. The first-order valence-corrected chi connectivity index (χ1v) is 7.99. The highest BCUT2D eigenvalue weighted by Crippen LogP contribution is 2.20. The Hall–Kier alpha value is -2.70. The standard InChI is InChI=1S/C17H20N4O3/c1-11-10-12(2)19-17(18-11)20-15(22)13-5-7-21(8-6-13)16(23)14-4-3-9-24-14/h3-4,9-10,13H,5-8H2,1-2H3,(H,18,19,20,22). The Morgan fingerprint density at radius 3 is 2.46 bits per heavy atom. The molecular formula is C17H20N4O3. The van der Waals surface area contributed by atoms with Gasteiger partial charge in [0.25, 0.3) is 5.91 Å². The number of carbonyl (C=O) groups is 2. The minimum Gasteiger partial charge on any atom is -0.459 e. The molecule has 1 aliphatic rings. The molecule has 0 spiro atoms. The zero-order valence-electron chi connectivity index (χ0n) is 13.8. The van der Waals surface area contributed by atoms with Crippen LogP contribution in [0.3, 0.4) is 0 Å². The zero-order chi connectivity index (χ0) is 17.1. The van der Waals surface area contributed by atoms with Gasteiger partial charge in [0, 0.05) is 30.4 Å². The van der Waals surface area contributed by atoms with Gasteiger partial charge in [-0.05, 0) is 44.9 Å². The normalized spacial score (nSPS) is 15.3. The molecule has 1 aliphatic heterocycles. The highest BCUT2D eigenvalue weighted by Gasteiger charge is 2.29. The van der Waals surface area contributed by atoms with Crippen molar-refractivity contribution < 1.29 is 14.0 Å². The summed E-state index contributed by atoms with van der Waals surface area (Å²) in [4.78, 5) is 34.8. The fourth-order valence-corrected chi connectivity index (χ4v) is 2.89. The van der Waals surface area contributed by atoms with Gasteiger partial charge >= 0.3 is 0 Å². The van der Waals surface area contributed by atoms with Gasteiger partial charge in [0.05, 0.1) is 6.26 Å². The van der Waals surface area contributed by atoms with Gasteiger partial charge in [-0.15, -0.1) is 0 Å². The van der Waals surface area contributed by atoms with E-state index in [1.54, 1.807) is 17.0 Å². The number of piperidine rings is 1. The summed E-state index contributed by atoms with van der Waals surface area (Å²) < 4.78 is 5.14. The first-order valence-electron chi connectivity index (χ1n) is 7.99. The minimum absolute atomic E-state index is 0.0925. The van der Waals surface area contributed by atoms with E-state index in [1.165, 1.54) is 6.26 Å². The number of nitrogens with zero attached hydrogens (tertiary/aromatic N) is 3. The molecule has 126 valence electrons. The molecule has 2 aromatic heterocycles. The smallest absolute Gasteiger partial charge is 0.289 e.